The number of amides is 1. The number of nitriles is 1. The van der Waals surface area contributed by atoms with Gasteiger partial charge in [-0.1, -0.05) is 18.2 Å². The lowest BCUT2D eigenvalue weighted by molar-refractivity contribution is 0.102. The van der Waals surface area contributed by atoms with Gasteiger partial charge in [0.05, 0.1) is 19.6 Å². The molecule has 0 spiro atoms. The maximum Gasteiger partial charge on any atom is 0.255 e. The van der Waals surface area contributed by atoms with Gasteiger partial charge in [0.15, 0.2) is 0 Å². The number of nitrogens with zero attached hydrogens (tertiary/aromatic N) is 1. The first-order valence-corrected chi connectivity index (χ1v) is 6.14. The van der Waals surface area contributed by atoms with Crippen molar-refractivity contribution in [1.82, 2.24) is 0 Å². The molecular weight excluding hydrogens is 252 g/mol. The van der Waals surface area contributed by atoms with Crippen LogP contribution in [0.2, 0.25) is 0 Å². The van der Waals surface area contributed by atoms with Crippen LogP contribution in [0.4, 0.5) is 5.69 Å². The molecule has 0 aliphatic rings. The summed E-state index contributed by atoms with van der Waals surface area (Å²) < 4.78 is 5.09. The van der Waals surface area contributed by atoms with Gasteiger partial charge in [0.2, 0.25) is 0 Å². The predicted molar refractivity (Wildman–Crippen MR) is 76.7 cm³/mol. The third-order valence-electron chi connectivity index (χ3n) is 2.83. The lowest BCUT2D eigenvalue weighted by Crippen LogP contribution is -2.11. The second-order valence-electron chi connectivity index (χ2n) is 4.22. The van der Waals surface area contributed by atoms with E-state index in [4.69, 9.17) is 10.00 Å². The van der Waals surface area contributed by atoms with Crippen LogP contribution in [0.3, 0.4) is 0 Å². The van der Waals surface area contributed by atoms with E-state index < -0.39 is 0 Å². The Morgan fingerprint density at radius 2 is 2.00 bits per heavy atom. The zero-order valence-electron chi connectivity index (χ0n) is 11.1. The molecule has 0 aliphatic heterocycles. The van der Waals surface area contributed by atoms with Crippen molar-refractivity contribution in [2.24, 2.45) is 0 Å². The number of carbonyl (C=O) groups is 1. The normalized spacial score (nSPS) is 9.60. The second kappa shape index (κ2) is 6.39. The second-order valence-corrected chi connectivity index (χ2v) is 4.22. The van der Waals surface area contributed by atoms with Gasteiger partial charge in [0, 0.05) is 11.3 Å². The summed E-state index contributed by atoms with van der Waals surface area (Å²) in [6, 6.07) is 16.3. The van der Waals surface area contributed by atoms with Gasteiger partial charge in [-0.2, -0.15) is 5.26 Å². The summed E-state index contributed by atoms with van der Waals surface area (Å²) in [7, 11) is 1.56. The number of anilines is 1. The van der Waals surface area contributed by atoms with E-state index in [-0.39, 0.29) is 5.91 Å². The van der Waals surface area contributed by atoms with Crippen LogP contribution in [0.25, 0.3) is 0 Å². The Morgan fingerprint density at radius 3 is 2.65 bits per heavy atom. The minimum atomic E-state index is -0.197. The molecule has 100 valence electrons. The molecule has 0 saturated heterocycles. The molecule has 2 aromatic carbocycles. The van der Waals surface area contributed by atoms with Crippen molar-refractivity contribution >= 4 is 11.6 Å². The molecule has 0 fully saturated rings. The molecule has 0 atom stereocenters. The monoisotopic (exact) mass is 266 g/mol. The highest BCUT2D eigenvalue weighted by molar-refractivity contribution is 6.04. The van der Waals surface area contributed by atoms with Crippen LogP contribution in [-0.4, -0.2) is 13.0 Å². The van der Waals surface area contributed by atoms with Crippen LogP contribution < -0.4 is 10.1 Å². The highest BCUT2D eigenvalue weighted by atomic mass is 16.5. The number of carbonyl (C=O) groups excluding carboxylic acids is 1. The summed E-state index contributed by atoms with van der Waals surface area (Å²) in [5.41, 5.74) is 2.15. The number of hydrogen-bond donors (Lipinski definition) is 1. The van der Waals surface area contributed by atoms with Crippen molar-refractivity contribution in [2.75, 3.05) is 12.4 Å². The Kier molecular flexibility index (Phi) is 4.35. The summed E-state index contributed by atoms with van der Waals surface area (Å²) >= 11 is 0. The number of nitrogens with one attached hydrogen (secondary N) is 1. The maximum absolute atomic E-state index is 12.1. The fraction of sp³-hybridized carbons (Fsp3) is 0.125. The van der Waals surface area contributed by atoms with E-state index in [2.05, 4.69) is 11.4 Å². The summed E-state index contributed by atoms with van der Waals surface area (Å²) in [4.78, 5) is 12.1. The molecular formula is C16H14N2O2. The summed E-state index contributed by atoms with van der Waals surface area (Å²) in [6.45, 7) is 0. The van der Waals surface area contributed by atoms with Gasteiger partial charge in [0.25, 0.3) is 5.91 Å². The molecule has 0 aromatic heterocycles. The number of ether oxygens (including phenoxy) is 1. The van der Waals surface area contributed by atoms with E-state index in [0.717, 1.165) is 5.56 Å². The summed E-state index contributed by atoms with van der Waals surface area (Å²) in [5, 5.41) is 11.4. The molecule has 4 heteroatoms. The fourth-order valence-electron chi connectivity index (χ4n) is 1.76. The van der Waals surface area contributed by atoms with Crippen LogP contribution >= 0.6 is 0 Å². The summed E-state index contributed by atoms with van der Waals surface area (Å²) in [5.74, 6) is 0.443. The first-order chi connectivity index (χ1) is 9.72. The van der Waals surface area contributed by atoms with Crippen molar-refractivity contribution < 1.29 is 9.53 Å². The molecule has 2 aromatic rings. The molecule has 20 heavy (non-hydrogen) atoms. The summed E-state index contributed by atoms with van der Waals surface area (Å²) in [6.07, 6.45) is 0.365. The van der Waals surface area contributed by atoms with E-state index in [0.29, 0.717) is 23.4 Å². The van der Waals surface area contributed by atoms with Gasteiger partial charge in [-0.25, -0.2) is 0 Å². The molecule has 0 radical (unpaired) electrons. The largest absolute Gasteiger partial charge is 0.497 e. The number of benzene rings is 2. The number of rotatable bonds is 4. The highest BCUT2D eigenvalue weighted by Gasteiger charge is 2.07. The molecule has 0 bridgehead atoms. The van der Waals surface area contributed by atoms with Gasteiger partial charge in [-0.05, 0) is 35.9 Å². The van der Waals surface area contributed by atoms with Gasteiger partial charge < -0.3 is 10.1 Å². The Labute approximate surface area is 117 Å². The average Bonchev–Trinajstić information content (AvgIpc) is 2.49. The molecule has 1 N–H and O–H groups in total. The third-order valence-corrected chi connectivity index (χ3v) is 2.83. The first kappa shape index (κ1) is 13.6. The van der Waals surface area contributed by atoms with Crippen LogP contribution in [0, 0.1) is 11.3 Å². The standard InChI is InChI=1S/C16H14N2O2/c1-20-15-4-2-3-13(11-15)16(19)18-14-7-5-12(6-8-14)9-10-17/h2-8,11H,9H2,1H3,(H,18,19). The Balaban J connectivity index is 2.09. The smallest absolute Gasteiger partial charge is 0.255 e. The maximum atomic E-state index is 12.1. The lowest BCUT2D eigenvalue weighted by atomic mass is 10.1. The van der Waals surface area contributed by atoms with Crippen molar-refractivity contribution in [3.63, 3.8) is 0 Å². The van der Waals surface area contributed by atoms with E-state index in [1.807, 2.05) is 12.1 Å². The van der Waals surface area contributed by atoms with E-state index >= 15 is 0 Å². The Hall–Kier alpha value is -2.80. The number of hydrogen-bond acceptors (Lipinski definition) is 3. The molecule has 0 heterocycles. The van der Waals surface area contributed by atoms with Crippen LogP contribution in [-0.2, 0) is 6.42 Å². The van der Waals surface area contributed by atoms with Crippen molar-refractivity contribution in [2.45, 2.75) is 6.42 Å². The minimum absolute atomic E-state index is 0.197. The Morgan fingerprint density at radius 1 is 1.25 bits per heavy atom. The van der Waals surface area contributed by atoms with E-state index in [9.17, 15) is 4.79 Å². The fourth-order valence-corrected chi connectivity index (χ4v) is 1.76. The molecule has 1 amide bonds. The van der Waals surface area contributed by atoms with Crippen LogP contribution in [0.15, 0.2) is 48.5 Å². The van der Waals surface area contributed by atoms with Crippen molar-refractivity contribution in [1.29, 1.82) is 5.26 Å². The molecule has 0 saturated carbocycles. The van der Waals surface area contributed by atoms with Crippen molar-refractivity contribution in [3.8, 4) is 11.8 Å². The van der Waals surface area contributed by atoms with Crippen LogP contribution in [0.5, 0.6) is 5.75 Å². The minimum Gasteiger partial charge on any atom is -0.497 e. The predicted octanol–water partition coefficient (Wildman–Crippen LogP) is 3.01. The van der Waals surface area contributed by atoms with Crippen molar-refractivity contribution in [3.05, 3.63) is 59.7 Å². The average molecular weight is 266 g/mol. The van der Waals surface area contributed by atoms with Gasteiger partial charge in [-0.3, -0.25) is 4.79 Å². The topological polar surface area (TPSA) is 62.1 Å². The zero-order valence-corrected chi connectivity index (χ0v) is 11.1. The third kappa shape index (κ3) is 3.36. The lowest BCUT2D eigenvalue weighted by Gasteiger charge is -2.07. The quantitative estimate of drug-likeness (QED) is 0.925. The molecule has 2 rings (SSSR count). The van der Waals surface area contributed by atoms with Gasteiger partial charge >= 0.3 is 0 Å². The first-order valence-electron chi connectivity index (χ1n) is 6.14. The zero-order chi connectivity index (χ0) is 14.4. The Bertz CT molecular complexity index is 642. The van der Waals surface area contributed by atoms with Gasteiger partial charge in [-0.15, -0.1) is 0 Å². The highest BCUT2D eigenvalue weighted by Crippen LogP contribution is 2.15. The number of methoxy groups -OCH3 is 1. The van der Waals surface area contributed by atoms with Crippen LogP contribution in [0.1, 0.15) is 15.9 Å². The van der Waals surface area contributed by atoms with E-state index in [1.165, 1.54) is 0 Å². The SMILES string of the molecule is COc1cccc(C(=O)Nc2ccc(CC#N)cc2)c1. The molecule has 4 nitrogen and oxygen atoms in total. The molecule has 0 unspecified atom stereocenters. The van der Waals surface area contributed by atoms with Gasteiger partial charge in [0.1, 0.15) is 5.75 Å². The van der Waals surface area contributed by atoms with E-state index in [1.54, 1.807) is 43.5 Å². The molecule has 0 aliphatic carbocycles.